The van der Waals surface area contributed by atoms with E-state index in [2.05, 4.69) is 20.5 Å². The maximum atomic E-state index is 12.0. The third-order valence-electron chi connectivity index (χ3n) is 2.77. The number of rotatable bonds is 4. The van der Waals surface area contributed by atoms with E-state index in [-0.39, 0.29) is 17.0 Å². The van der Waals surface area contributed by atoms with Crippen LogP contribution in [0.2, 0.25) is 5.02 Å². The number of carbonyl (C=O) groups is 1. The van der Waals surface area contributed by atoms with Gasteiger partial charge in [-0.05, 0) is 26.0 Å². The Morgan fingerprint density at radius 2 is 2.25 bits per heavy atom. The molecule has 0 unspecified atom stereocenters. The van der Waals surface area contributed by atoms with Gasteiger partial charge in [0, 0.05) is 24.4 Å². The minimum Gasteiger partial charge on any atom is -0.349 e. The Morgan fingerprint density at radius 3 is 2.85 bits per heavy atom. The molecule has 2 aromatic rings. The number of nitrogens with zero attached hydrogens (tertiary/aromatic N) is 1. The topological polar surface area (TPSA) is 90.6 Å². The number of aromatic nitrogens is 3. The summed E-state index contributed by atoms with van der Waals surface area (Å²) >= 11 is 5.69. The lowest BCUT2D eigenvalue weighted by Gasteiger charge is -2.12. The van der Waals surface area contributed by atoms with Crippen molar-refractivity contribution in [2.45, 2.75) is 26.3 Å². The van der Waals surface area contributed by atoms with Crippen molar-refractivity contribution in [3.63, 3.8) is 0 Å². The second-order valence-electron chi connectivity index (χ2n) is 4.69. The van der Waals surface area contributed by atoms with Crippen molar-refractivity contribution in [3.8, 4) is 0 Å². The van der Waals surface area contributed by atoms with Crippen LogP contribution in [0.1, 0.15) is 28.7 Å². The van der Waals surface area contributed by atoms with Crippen LogP contribution in [0.15, 0.2) is 23.1 Å². The largest absolute Gasteiger partial charge is 0.349 e. The molecule has 1 amide bonds. The first-order valence-electron chi connectivity index (χ1n) is 6.15. The Morgan fingerprint density at radius 1 is 1.50 bits per heavy atom. The van der Waals surface area contributed by atoms with Crippen molar-refractivity contribution in [2.75, 3.05) is 0 Å². The summed E-state index contributed by atoms with van der Waals surface area (Å²) in [6, 6.07) is 3.19. The SMILES string of the molecule is Cc1cc(C[C@H](C)NC(=O)c2c[nH]c(=O)c(Cl)c2)n[nH]1. The molecule has 20 heavy (non-hydrogen) atoms. The van der Waals surface area contributed by atoms with E-state index in [4.69, 9.17) is 11.6 Å². The van der Waals surface area contributed by atoms with Gasteiger partial charge in [0.15, 0.2) is 0 Å². The normalized spacial score (nSPS) is 12.2. The van der Waals surface area contributed by atoms with Gasteiger partial charge < -0.3 is 10.3 Å². The highest BCUT2D eigenvalue weighted by Gasteiger charge is 2.12. The van der Waals surface area contributed by atoms with Crippen molar-refractivity contribution in [3.05, 3.63) is 50.7 Å². The zero-order chi connectivity index (χ0) is 14.7. The summed E-state index contributed by atoms with van der Waals surface area (Å²) in [6.45, 7) is 3.80. The highest BCUT2D eigenvalue weighted by molar-refractivity contribution is 6.30. The number of aryl methyl sites for hydroxylation is 1. The molecule has 0 radical (unpaired) electrons. The van der Waals surface area contributed by atoms with E-state index in [0.29, 0.717) is 12.0 Å². The quantitative estimate of drug-likeness (QED) is 0.796. The lowest BCUT2D eigenvalue weighted by molar-refractivity contribution is 0.0939. The molecule has 0 saturated heterocycles. The molecule has 0 fully saturated rings. The molecule has 0 aliphatic carbocycles. The summed E-state index contributed by atoms with van der Waals surface area (Å²) < 4.78 is 0. The predicted octanol–water partition coefficient (Wildman–Crippen LogP) is 1.42. The lowest BCUT2D eigenvalue weighted by atomic mass is 10.1. The number of nitrogens with one attached hydrogen (secondary N) is 3. The fourth-order valence-electron chi connectivity index (χ4n) is 1.84. The molecule has 2 rings (SSSR count). The van der Waals surface area contributed by atoms with Crippen molar-refractivity contribution >= 4 is 17.5 Å². The number of hydrogen-bond acceptors (Lipinski definition) is 3. The van der Waals surface area contributed by atoms with Gasteiger partial charge >= 0.3 is 0 Å². The number of hydrogen-bond donors (Lipinski definition) is 3. The van der Waals surface area contributed by atoms with Gasteiger partial charge in [0.2, 0.25) is 0 Å². The maximum absolute atomic E-state index is 12.0. The molecule has 0 aromatic carbocycles. The van der Waals surface area contributed by atoms with Gasteiger partial charge in [-0.25, -0.2) is 0 Å². The van der Waals surface area contributed by atoms with Gasteiger partial charge in [-0.3, -0.25) is 14.7 Å². The molecular formula is C13H15ClN4O2. The minimum atomic E-state index is -0.414. The standard InChI is InChI=1S/C13H15ClN4O2/c1-7(3-10-4-8(2)17-18-10)16-12(19)9-5-11(14)13(20)15-6-9/h4-7H,3H2,1-2H3,(H,15,20)(H,16,19)(H,17,18)/t7-/m0/s1. The second-order valence-corrected chi connectivity index (χ2v) is 5.09. The molecule has 2 heterocycles. The van der Waals surface area contributed by atoms with E-state index >= 15 is 0 Å². The number of halogens is 1. The molecule has 1 atom stereocenters. The van der Waals surface area contributed by atoms with Gasteiger partial charge in [-0.1, -0.05) is 11.6 Å². The fraction of sp³-hybridized carbons (Fsp3) is 0.308. The number of aromatic amines is 2. The predicted molar refractivity (Wildman–Crippen MR) is 76.0 cm³/mol. The number of H-pyrrole nitrogens is 2. The fourth-order valence-corrected chi connectivity index (χ4v) is 2.01. The van der Waals surface area contributed by atoms with Crippen LogP contribution in [0.5, 0.6) is 0 Å². The van der Waals surface area contributed by atoms with Crippen LogP contribution in [0.3, 0.4) is 0 Å². The summed E-state index contributed by atoms with van der Waals surface area (Å²) in [4.78, 5) is 25.5. The molecular weight excluding hydrogens is 280 g/mol. The maximum Gasteiger partial charge on any atom is 0.266 e. The van der Waals surface area contributed by atoms with Crippen molar-refractivity contribution < 1.29 is 4.79 Å². The second kappa shape index (κ2) is 5.92. The Labute approximate surface area is 120 Å². The number of pyridine rings is 1. The molecule has 0 bridgehead atoms. The van der Waals surface area contributed by atoms with Crippen molar-refractivity contribution in [2.24, 2.45) is 0 Å². The smallest absolute Gasteiger partial charge is 0.266 e. The molecule has 3 N–H and O–H groups in total. The summed E-state index contributed by atoms with van der Waals surface area (Å²) in [7, 11) is 0. The monoisotopic (exact) mass is 294 g/mol. The van der Waals surface area contributed by atoms with E-state index in [9.17, 15) is 9.59 Å². The Balaban J connectivity index is 1.99. The highest BCUT2D eigenvalue weighted by Crippen LogP contribution is 2.06. The van der Waals surface area contributed by atoms with Crippen LogP contribution in [0.4, 0.5) is 0 Å². The Bertz CT molecular complexity index is 677. The average Bonchev–Trinajstić information content (AvgIpc) is 2.77. The molecule has 0 spiro atoms. The Kier molecular flexibility index (Phi) is 4.24. The van der Waals surface area contributed by atoms with E-state index in [1.54, 1.807) is 0 Å². The van der Waals surface area contributed by atoms with Gasteiger partial charge in [-0.2, -0.15) is 5.10 Å². The first-order valence-corrected chi connectivity index (χ1v) is 6.53. The van der Waals surface area contributed by atoms with Crippen LogP contribution in [-0.2, 0) is 6.42 Å². The van der Waals surface area contributed by atoms with Gasteiger partial charge in [0.05, 0.1) is 11.3 Å². The van der Waals surface area contributed by atoms with Crippen molar-refractivity contribution in [1.82, 2.24) is 20.5 Å². The molecule has 2 aromatic heterocycles. The zero-order valence-corrected chi connectivity index (χ0v) is 11.9. The van der Waals surface area contributed by atoms with Crippen LogP contribution in [0, 0.1) is 6.92 Å². The lowest BCUT2D eigenvalue weighted by Crippen LogP contribution is -2.34. The molecule has 6 nitrogen and oxygen atoms in total. The third-order valence-corrected chi connectivity index (χ3v) is 3.05. The van der Waals surface area contributed by atoms with Crippen LogP contribution < -0.4 is 10.9 Å². The summed E-state index contributed by atoms with van der Waals surface area (Å²) in [6.07, 6.45) is 1.96. The highest BCUT2D eigenvalue weighted by atomic mass is 35.5. The van der Waals surface area contributed by atoms with E-state index < -0.39 is 5.56 Å². The summed E-state index contributed by atoms with van der Waals surface area (Å²) in [5.74, 6) is -0.289. The van der Waals surface area contributed by atoms with E-state index in [0.717, 1.165) is 11.4 Å². The van der Waals surface area contributed by atoms with Gasteiger partial charge in [-0.15, -0.1) is 0 Å². The van der Waals surface area contributed by atoms with E-state index in [1.165, 1.54) is 12.3 Å². The first-order chi connectivity index (χ1) is 9.45. The molecule has 0 aliphatic heterocycles. The number of amides is 1. The average molecular weight is 295 g/mol. The third kappa shape index (κ3) is 3.48. The van der Waals surface area contributed by atoms with Gasteiger partial charge in [0.1, 0.15) is 5.02 Å². The van der Waals surface area contributed by atoms with Crippen LogP contribution in [-0.4, -0.2) is 27.1 Å². The van der Waals surface area contributed by atoms with Crippen molar-refractivity contribution in [1.29, 1.82) is 0 Å². The zero-order valence-electron chi connectivity index (χ0n) is 11.2. The van der Waals surface area contributed by atoms with Crippen LogP contribution in [0.25, 0.3) is 0 Å². The Hall–Kier alpha value is -2.08. The molecule has 106 valence electrons. The van der Waals surface area contributed by atoms with E-state index in [1.807, 2.05) is 19.9 Å². The molecule has 7 heteroatoms. The van der Waals surface area contributed by atoms with Crippen LogP contribution >= 0.6 is 11.6 Å². The minimum absolute atomic E-state index is 0.00627. The molecule has 0 saturated carbocycles. The number of carbonyl (C=O) groups excluding carboxylic acids is 1. The first kappa shape index (κ1) is 14.3. The summed E-state index contributed by atoms with van der Waals surface area (Å²) in [5.41, 5.74) is 1.77. The van der Waals surface area contributed by atoms with Gasteiger partial charge in [0.25, 0.3) is 11.5 Å². The summed E-state index contributed by atoms with van der Waals surface area (Å²) in [5, 5.41) is 9.79. The molecule has 0 aliphatic rings.